The predicted molar refractivity (Wildman–Crippen MR) is 148 cm³/mol. The van der Waals surface area contributed by atoms with Crippen LogP contribution in [0.3, 0.4) is 0 Å². The molecule has 0 radical (unpaired) electrons. The Balaban J connectivity index is 2.04. The molecule has 0 unspecified atom stereocenters. The van der Waals surface area contributed by atoms with E-state index in [-0.39, 0.29) is 11.9 Å². The van der Waals surface area contributed by atoms with Crippen molar-refractivity contribution < 1.29 is 38.0 Å². The van der Waals surface area contributed by atoms with Gasteiger partial charge in [0, 0.05) is 23.5 Å². The van der Waals surface area contributed by atoms with Crippen LogP contribution in [0.25, 0.3) is 11.1 Å². The van der Waals surface area contributed by atoms with Crippen LogP contribution in [0.4, 0.5) is 0 Å². The van der Waals surface area contributed by atoms with Gasteiger partial charge in [-0.25, -0.2) is 4.79 Å². The van der Waals surface area contributed by atoms with Gasteiger partial charge in [0.25, 0.3) is 0 Å². The second kappa shape index (κ2) is 11.4. The summed E-state index contributed by atoms with van der Waals surface area (Å²) in [4.78, 5) is 13.3. The first-order valence-corrected chi connectivity index (χ1v) is 12.7. The maximum Gasteiger partial charge on any atom is 0.338 e. The molecule has 0 saturated heterocycles. The summed E-state index contributed by atoms with van der Waals surface area (Å²) in [6.07, 6.45) is 0.942. The molecular formula is C31H36O8. The number of carbonyl (C=O) groups excluding carboxylic acids is 1. The molecule has 0 spiro atoms. The lowest BCUT2D eigenvalue weighted by Crippen LogP contribution is -2.42. The van der Waals surface area contributed by atoms with Crippen molar-refractivity contribution in [3.63, 3.8) is 0 Å². The largest absolute Gasteiger partial charge is 0.493 e. The topological polar surface area (TPSA) is 81.7 Å². The van der Waals surface area contributed by atoms with Gasteiger partial charge in [-0.15, -0.1) is 0 Å². The number of esters is 1. The fourth-order valence-electron chi connectivity index (χ4n) is 5.34. The number of hydrogen-bond acceptors (Lipinski definition) is 8. The number of fused-ring (bicyclic) bond motifs is 3. The van der Waals surface area contributed by atoms with Crippen molar-refractivity contribution >= 4 is 5.97 Å². The average Bonchev–Trinajstić information content (AvgIpc) is 2.95. The van der Waals surface area contributed by atoms with Gasteiger partial charge in [0.1, 0.15) is 5.60 Å². The van der Waals surface area contributed by atoms with E-state index in [0.717, 1.165) is 22.3 Å². The van der Waals surface area contributed by atoms with Crippen molar-refractivity contribution in [3.8, 4) is 45.6 Å². The number of hydrogen-bond donors (Lipinski definition) is 0. The highest BCUT2D eigenvalue weighted by Crippen LogP contribution is 2.56. The van der Waals surface area contributed by atoms with Gasteiger partial charge in [-0.1, -0.05) is 25.1 Å². The Morgan fingerprint density at radius 3 is 1.69 bits per heavy atom. The number of rotatable bonds is 8. The van der Waals surface area contributed by atoms with Gasteiger partial charge in [-0.2, -0.15) is 0 Å². The molecule has 0 fully saturated rings. The van der Waals surface area contributed by atoms with Crippen LogP contribution in [0.2, 0.25) is 0 Å². The number of carbonyl (C=O) groups is 1. The third-order valence-corrected chi connectivity index (χ3v) is 7.52. The summed E-state index contributed by atoms with van der Waals surface area (Å²) in [6.45, 7) is 4.04. The summed E-state index contributed by atoms with van der Waals surface area (Å²) >= 11 is 0. The van der Waals surface area contributed by atoms with Gasteiger partial charge in [-0.05, 0) is 48.7 Å². The monoisotopic (exact) mass is 536 g/mol. The molecule has 39 heavy (non-hydrogen) atoms. The van der Waals surface area contributed by atoms with Crippen molar-refractivity contribution in [3.05, 3.63) is 59.2 Å². The molecule has 0 amide bonds. The Bertz CT molecular complexity index is 1350. The number of benzene rings is 3. The van der Waals surface area contributed by atoms with Gasteiger partial charge < -0.3 is 33.2 Å². The Morgan fingerprint density at radius 2 is 1.21 bits per heavy atom. The van der Waals surface area contributed by atoms with E-state index in [1.54, 1.807) is 54.8 Å². The van der Waals surface area contributed by atoms with Crippen LogP contribution >= 0.6 is 0 Å². The highest BCUT2D eigenvalue weighted by molar-refractivity contribution is 5.90. The van der Waals surface area contributed by atoms with Crippen molar-refractivity contribution in [1.29, 1.82) is 0 Å². The molecule has 0 aliphatic heterocycles. The van der Waals surface area contributed by atoms with Gasteiger partial charge in [0.15, 0.2) is 23.0 Å². The zero-order valence-electron chi connectivity index (χ0n) is 23.8. The molecule has 4 rings (SSSR count). The molecular weight excluding hydrogens is 500 g/mol. The Labute approximate surface area is 229 Å². The Morgan fingerprint density at radius 1 is 0.718 bits per heavy atom. The highest BCUT2D eigenvalue weighted by Gasteiger charge is 2.41. The van der Waals surface area contributed by atoms with Crippen LogP contribution in [0, 0.1) is 5.92 Å². The maximum atomic E-state index is 13.3. The van der Waals surface area contributed by atoms with Crippen molar-refractivity contribution in [2.45, 2.75) is 32.3 Å². The molecule has 0 bridgehead atoms. The fraction of sp³-hybridized carbons (Fsp3) is 0.387. The van der Waals surface area contributed by atoms with Crippen molar-refractivity contribution in [2.75, 3.05) is 42.7 Å². The first kappa shape index (κ1) is 28.0. The molecule has 3 aromatic carbocycles. The van der Waals surface area contributed by atoms with Crippen molar-refractivity contribution in [1.82, 2.24) is 0 Å². The molecule has 0 aromatic heterocycles. The lowest BCUT2D eigenvalue weighted by Gasteiger charge is -2.39. The number of methoxy groups -OCH3 is 6. The standard InChI is InChI=1S/C31H36O8/c1-18-14-20-15-22(33-3)26(35-5)28(37-7)24(20)25-21(16-23(34-4)27(36-6)29(25)38-8)17-31(18,2)39-30(32)19-12-10-9-11-13-19/h9-13,15-16,18H,14,17H2,1-8H3/t18-,31-/m0/s1. The molecule has 0 heterocycles. The first-order valence-electron chi connectivity index (χ1n) is 12.7. The van der Waals surface area contributed by atoms with Crippen LogP contribution in [-0.4, -0.2) is 54.2 Å². The van der Waals surface area contributed by atoms with Crippen LogP contribution in [0.5, 0.6) is 34.5 Å². The van der Waals surface area contributed by atoms with E-state index in [1.807, 2.05) is 37.3 Å². The highest BCUT2D eigenvalue weighted by atomic mass is 16.6. The van der Waals surface area contributed by atoms with E-state index in [4.69, 9.17) is 33.2 Å². The van der Waals surface area contributed by atoms with Gasteiger partial charge >= 0.3 is 5.97 Å². The molecule has 0 N–H and O–H groups in total. The van der Waals surface area contributed by atoms with E-state index in [0.29, 0.717) is 52.9 Å². The summed E-state index contributed by atoms with van der Waals surface area (Å²) < 4.78 is 41.1. The summed E-state index contributed by atoms with van der Waals surface area (Å²) in [5.41, 5.74) is 2.91. The molecule has 3 aromatic rings. The zero-order chi connectivity index (χ0) is 28.3. The predicted octanol–water partition coefficient (Wildman–Crippen LogP) is 5.76. The van der Waals surface area contributed by atoms with Crippen molar-refractivity contribution in [2.24, 2.45) is 5.92 Å². The van der Waals surface area contributed by atoms with Gasteiger partial charge in [-0.3, -0.25) is 0 Å². The first-order chi connectivity index (χ1) is 18.8. The normalized spacial score (nSPS) is 18.0. The Kier molecular flexibility index (Phi) is 8.14. The summed E-state index contributed by atoms with van der Waals surface area (Å²) in [7, 11) is 9.48. The molecule has 0 saturated carbocycles. The van der Waals surface area contributed by atoms with Gasteiger partial charge in [0.2, 0.25) is 11.5 Å². The minimum atomic E-state index is -0.885. The van der Waals surface area contributed by atoms with Gasteiger partial charge in [0.05, 0.1) is 48.2 Å². The zero-order valence-corrected chi connectivity index (χ0v) is 23.8. The molecule has 1 aliphatic rings. The van der Waals surface area contributed by atoms with E-state index >= 15 is 0 Å². The molecule has 208 valence electrons. The SMILES string of the molecule is COc1cc2c(c(OC)c1OC)-c1c(cc(OC)c(OC)c1OC)C[C@](C)(OC(=O)c1ccccc1)[C@@H](C)C2. The van der Waals surface area contributed by atoms with Crippen LogP contribution < -0.4 is 28.4 Å². The molecule has 1 aliphatic carbocycles. The van der Waals surface area contributed by atoms with E-state index in [2.05, 4.69) is 6.92 Å². The maximum absolute atomic E-state index is 13.3. The van der Waals surface area contributed by atoms with Crippen LogP contribution in [0.15, 0.2) is 42.5 Å². The van der Waals surface area contributed by atoms with E-state index in [9.17, 15) is 4.79 Å². The molecule has 8 nitrogen and oxygen atoms in total. The summed E-state index contributed by atoms with van der Waals surface area (Å²) in [6, 6.07) is 12.9. The summed E-state index contributed by atoms with van der Waals surface area (Å²) in [5, 5.41) is 0. The third-order valence-electron chi connectivity index (χ3n) is 7.52. The average molecular weight is 537 g/mol. The number of ether oxygens (including phenoxy) is 7. The fourth-order valence-corrected chi connectivity index (χ4v) is 5.34. The second-order valence-corrected chi connectivity index (χ2v) is 9.71. The lowest BCUT2D eigenvalue weighted by molar-refractivity contribution is -0.0367. The van der Waals surface area contributed by atoms with Crippen LogP contribution in [0.1, 0.15) is 35.3 Å². The summed E-state index contributed by atoms with van der Waals surface area (Å²) in [5.74, 6) is 2.44. The second-order valence-electron chi connectivity index (χ2n) is 9.71. The molecule has 8 heteroatoms. The van der Waals surface area contributed by atoms with E-state index < -0.39 is 5.60 Å². The minimum absolute atomic E-state index is 0.0982. The van der Waals surface area contributed by atoms with Crippen LogP contribution in [-0.2, 0) is 17.6 Å². The Hall–Kier alpha value is -4.07. The minimum Gasteiger partial charge on any atom is -0.493 e. The van der Waals surface area contributed by atoms with E-state index in [1.165, 1.54) is 0 Å². The lowest BCUT2D eigenvalue weighted by atomic mass is 9.74. The third kappa shape index (κ3) is 4.91. The molecule has 2 atom stereocenters. The smallest absolute Gasteiger partial charge is 0.338 e. The quantitative estimate of drug-likeness (QED) is 0.337.